The number of carbonyl (C=O) groups excluding carboxylic acids is 2. The number of carbonyl (C=O) groups is 2. The number of halogens is 2. The Labute approximate surface area is 178 Å². The Morgan fingerprint density at radius 1 is 1.31 bits per heavy atom. The lowest BCUT2D eigenvalue weighted by Crippen LogP contribution is -2.70. The first-order valence-corrected chi connectivity index (χ1v) is 11.1. The van der Waals surface area contributed by atoms with Crippen molar-refractivity contribution in [3.8, 4) is 0 Å². The van der Waals surface area contributed by atoms with Gasteiger partial charge in [0.1, 0.15) is 12.2 Å². The summed E-state index contributed by atoms with van der Waals surface area (Å²) in [6, 6.07) is 0. The molecule has 5 nitrogen and oxygen atoms in total. The summed E-state index contributed by atoms with van der Waals surface area (Å²) >= 11 is 3.63. The topological polar surface area (TPSA) is 94.8 Å². The molecule has 4 aliphatic carbocycles. The summed E-state index contributed by atoms with van der Waals surface area (Å²) in [5.41, 5.74) is -5.43. The predicted octanol–water partition coefficient (Wildman–Crippen LogP) is 2.27. The maximum Gasteiger partial charge on any atom is 0.190 e. The molecule has 0 spiro atoms. The number of fused-ring (bicyclic) bond motifs is 5. The molecule has 0 bridgehead atoms. The van der Waals surface area contributed by atoms with Gasteiger partial charge in [-0.15, -0.1) is 0 Å². The van der Waals surface area contributed by atoms with Gasteiger partial charge in [0.05, 0.1) is 6.10 Å². The number of hydrogen-bond acceptors (Lipinski definition) is 5. The fourth-order valence-corrected chi connectivity index (χ4v) is 8.26. The van der Waals surface area contributed by atoms with E-state index < -0.39 is 52.4 Å². The molecule has 0 radical (unpaired) electrons. The molecule has 0 aromatic carbocycles. The fourth-order valence-electron chi connectivity index (χ4n) is 7.25. The Bertz CT molecular complexity index is 841. The van der Waals surface area contributed by atoms with Gasteiger partial charge in [0.15, 0.2) is 17.2 Å². The lowest BCUT2D eigenvalue weighted by molar-refractivity contribution is -0.218. The van der Waals surface area contributed by atoms with Gasteiger partial charge in [-0.1, -0.05) is 35.9 Å². The lowest BCUT2D eigenvalue weighted by Gasteiger charge is -2.63. The van der Waals surface area contributed by atoms with Crippen molar-refractivity contribution >= 4 is 27.5 Å². The predicted molar refractivity (Wildman–Crippen MR) is 108 cm³/mol. The van der Waals surface area contributed by atoms with E-state index in [1.54, 1.807) is 26.8 Å². The van der Waals surface area contributed by atoms with Crippen LogP contribution in [0.3, 0.4) is 0 Å². The number of aliphatic hydroxyl groups excluding tert-OH is 2. The Morgan fingerprint density at radius 2 is 1.97 bits per heavy atom. The highest BCUT2D eigenvalue weighted by atomic mass is 79.9. The Morgan fingerprint density at radius 3 is 2.59 bits per heavy atom. The standard InChI is InChI=1S/C22H28BrFO5/c1-11-6-13-14-8-16(23)15-7-12(26)4-5-19(15,2)21(14,24)17(27)9-20(13,3)22(11,29)18(28)10-25/h4-5,7,11,13-14,16-17,25,27,29H,6,8-10H2,1-3H3/t11-,13-,14-,16-,17-,19-,20-,21-,22-/m0/s1. The maximum absolute atomic E-state index is 17.0. The van der Waals surface area contributed by atoms with Gasteiger partial charge in [0.25, 0.3) is 0 Å². The molecule has 7 heteroatoms. The molecule has 160 valence electrons. The zero-order valence-electron chi connectivity index (χ0n) is 16.9. The second-order valence-corrected chi connectivity index (χ2v) is 10.9. The monoisotopic (exact) mass is 470 g/mol. The summed E-state index contributed by atoms with van der Waals surface area (Å²) in [6.07, 6.45) is 3.65. The van der Waals surface area contributed by atoms with Crippen molar-refractivity contribution in [2.24, 2.45) is 28.6 Å². The molecule has 29 heavy (non-hydrogen) atoms. The minimum Gasteiger partial charge on any atom is -0.390 e. The first-order chi connectivity index (χ1) is 13.4. The van der Waals surface area contributed by atoms with Gasteiger partial charge in [0.2, 0.25) is 0 Å². The molecule has 3 fully saturated rings. The van der Waals surface area contributed by atoms with E-state index in [0.29, 0.717) is 18.4 Å². The van der Waals surface area contributed by atoms with E-state index in [9.17, 15) is 24.9 Å². The number of rotatable bonds is 2. The first kappa shape index (κ1) is 21.3. The van der Waals surface area contributed by atoms with Crippen molar-refractivity contribution in [1.29, 1.82) is 0 Å². The van der Waals surface area contributed by atoms with Crippen molar-refractivity contribution in [1.82, 2.24) is 0 Å². The van der Waals surface area contributed by atoms with Crippen molar-refractivity contribution in [2.45, 2.75) is 62.2 Å². The molecular weight excluding hydrogens is 443 g/mol. The molecule has 3 saturated carbocycles. The lowest BCUT2D eigenvalue weighted by atomic mass is 9.44. The molecule has 9 atom stereocenters. The van der Waals surface area contributed by atoms with Gasteiger partial charge in [-0.05, 0) is 55.7 Å². The van der Waals surface area contributed by atoms with E-state index in [1.807, 2.05) is 0 Å². The summed E-state index contributed by atoms with van der Waals surface area (Å²) in [6.45, 7) is 4.43. The molecule has 0 aliphatic heterocycles. The summed E-state index contributed by atoms with van der Waals surface area (Å²) < 4.78 is 17.0. The van der Waals surface area contributed by atoms with Crippen molar-refractivity contribution in [3.63, 3.8) is 0 Å². The van der Waals surface area contributed by atoms with Crippen molar-refractivity contribution in [3.05, 3.63) is 23.8 Å². The van der Waals surface area contributed by atoms with Crippen LogP contribution in [0, 0.1) is 28.6 Å². The third-order valence-electron chi connectivity index (χ3n) is 8.78. The molecular formula is C22H28BrFO5. The van der Waals surface area contributed by atoms with E-state index in [0.717, 1.165) is 0 Å². The largest absolute Gasteiger partial charge is 0.390 e. The number of Topliss-reactive ketones (excluding diaryl/α,β-unsaturated/α-hetero) is 1. The molecule has 0 saturated heterocycles. The molecule has 4 rings (SSSR count). The maximum atomic E-state index is 17.0. The van der Waals surface area contributed by atoms with Crippen LogP contribution >= 0.6 is 15.9 Å². The molecule has 0 heterocycles. The number of hydrogen-bond donors (Lipinski definition) is 3. The Balaban J connectivity index is 1.87. The minimum absolute atomic E-state index is 0.0884. The zero-order chi connectivity index (χ0) is 21.6. The van der Waals surface area contributed by atoms with Crippen LogP contribution in [-0.2, 0) is 9.59 Å². The van der Waals surface area contributed by atoms with Gasteiger partial charge in [0, 0.05) is 21.6 Å². The summed E-state index contributed by atoms with van der Waals surface area (Å²) in [7, 11) is 0. The van der Waals surface area contributed by atoms with Gasteiger partial charge in [-0.3, -0.25) is 9.59 Å². The normalized spacial score (nSPS) is 53.7. The van der Waals surface area contributed by atoms with Crippen molar-refractivity contribution < 1.29 is 29.3 Å². The SMILES string of the molecule is C[C@H]1C[C@H]2[C@@H]3C[C@H](Br)C4=CC(=O)C=C[C@]4(C)[C@@]3(F)[C@@H](O)C[C@]2(C)[C@@]1(O)C(=O)CO. The molecule has 0 unspecified atom stereocenters. The van der Waals surface area contributed by atoms with Gasteiger partial charge in [-0.25, -0.2) is 4.39 Å². The minimum atomic E-state index is -2.03. The van der Waals surface area contributed by atoms with E-state index in [4.69, 9.17) is 0 Å². The zero-order valence-corrected chi connectivity index (χ0v) is 18.4. The third kappa shape index (κ3) is 2.31. The van der Waals surface area contributed by atoms with Gasteiger partial charge >= 0.3 is 0 Å². The van der Waals surface area contributed by atoms with Crippen LogP contribution in [0.5, 0.6) is 0 Å². The van der Waals surface area contributed by atoms with Gasteiger partial charge in [-0.2, -0.15) is 0 Å². The van der Waals surface area contributed by atoms with Crippen LogP contribution in [0.2, 0.25) is 0 Å². The Hall–Kier alpha value is -0.890. The highest BCUT2D eigenvalue weighted by Crippen LogP contribution is 2.71. The molecule has 0 aromatic rings. The number of aliphatic hydroxyl groups is 3. The smallest absolute Gasteiger partial charge is 0.190 e. The number of ketones is 2. The second-order valence-electron chi connectivity index (χ2n) is 9.84. The third-order valence-corrected chi connectivity index (χ3v) is 9.65. The van der Waals surface area contributed by atoms with Crippen LogP contribution in [-0.4, -0.2) is 55.7 Å². The van der Waals surface area contributed by atoms with Crippen LogP contribution in [0.15, 0.2) is 23.8 Å². The number of allylic oxidation sites excluding steroid dienone is 4. The van der Waals surface area contributed by atoms with Crippen LogP contribution in [0.4, 0.5) is 4.39 Å². The van der Waals surface area contributed by atoms with Gasteiger partial charge < -0.3 is 15.3 Å². The molecule has 0 amide bonds. The first-order valence-electron chi connectivity index (χ1n) is 10.2. The van der Waals surface area contributed by atoms with E-state index >= 15 is 4.39 Å². The van der Waals surface area contributed by atoms with Crippen molar-refractivity contribution in [2.75, 3.05) is 6.61 Å². The van der Waals surface area contributed by atoms with E-state index in [1.165, 1.54) is 12.2 Å². The fraction of sp³-hybridized carbons (Fsp3) is 0.727. The molecule has 3 N–H and O–H groups in total. The number of alkyl halides is 2. The summed E-state index contributed by atoms with van der Waals surface area (Å²) in [5.74, 6) is -2.31. The summed E-state index contributed by atoms with van der Waals surface area (Å²) in [5, 5.41) is 32.1. The van der Waals surface area contributed by atoms with Crippen LogP contribution in [0.25, 0.3) is 0 Å². The average Bonchev–Trinajstić information content (AvgIpc) is 2.86. The van der Waals surface area contributed by atoms with E-state index in [-0.39, 0.29) is 22.9 Å². The summed E-state index contributed by atoms with van der Waals surface area (Å²) in [4.78, 5) is 24.3. The van der Waals surface area contributed by atoms with Crippen LogP contribution in [0.1, 0.15) is 40.0 Å². The second kappa shape index (κ2) is 6.31. The highest BCUT2D eigenvalue weighted by molar-refractivity contribution is 9.09. The molecule has 4 aliphatic rings. The van der Waals surface area contributed by atoms with Crippen LogP contribution < -0.4 is 0 Å². The molecule has 0 aromatic heterocycles. The average molecular weight is 471 g/mol. The van der Waals surface area contributed by atoms with E-state index in [2.05, 4.69) is 15.9 Å². The highest BCUT2D eigenvalue weighted by Gasteiger charge is 2.76. The quantitative estimate of drug-likeness (QED) is 0.538. The Kier molecular flexibility index (Phi) is 4.65.